The molecule has 0 bridgehead atoms. The van der Waals surface area contributed by atoms with Crippen LogP contribution in [0.3, 0.4) is 0 Å². The van der Waals surface area contributed by atoms with Crippen LogP contribution < -0.4 is 0 Å². The van der Waals surface area contributed by atoms with E-state index in [0.717, 1.165) is 5.70 Å². The third-order valence-corrected chi connectivity index (χ3v) is 1.10. The van der Waals surface area contributed by atoms with Crippen LogP contribution in [0.4, 0.5) is 0 Å². The summed E-state index contributed by atoms with van der Waals surface area (Å²) in [5, 5.41) is 0. The van der Waals surface area contributed by atoms with Gasteiger partial charge in [0.2, 0.25) is 0 Å². The zero-order valence-corrected chi connectivity index (χ0v) is 5.68. The summed E-state index contributed by atoms with van der Waals surface area (Å²) in [5.74, 6) is 0. The molecule has 0 aromatic rings. The molecule has 1 heteroatoms. The van der Waals surface area contributed by atoms with E-state index < -0.39 is 0 Å². The molecule has 1 nitrogen and oxygen atoms in total. The van der Waals surface area contributed by atoms with Crippen LogP contribution in [0, 0.1) is 0 Å². The molecule has 9 heavy (non-hydrogen) atoms. The molecule has 0 unspecified atom stereocenters. The van der Waals surface area contributed by atoms with Gasteiger partial charge in [-0.15, -0.1) is 0 Å². The maximum atomic E-state index is 4.09. The lowest BCUT2D eigenvalue weighted by Crippen LogP contribution is -1.73. The zero-order valence-electron chi connectivity index (χ0n) is 5.68. The first kappa shape index (κ1) is 6.06. The van der Waals surface area contributed by atoms with Crippen molar-refractivity contribution in [2.24, 2.45) is 4.99 Å². The zero-order chi connectivity index (χ0) is 6.69. The van der Waals surface area contributed by atoms with Gasteiger partial charge in [0, 0.05) is 6.21 Å². The third kappa shape index (κ3) is 1.71. The number of hydrogen-bond donors (Lipinski definition) is 0. The van der Waals surface area contributed by atoms with E-state index in [9.17, 15) is 0 Å². The van der Waals surface area contributed by atoms with Crippen molar-refractivity contribution in [3.8, 4) is 0 Å². The first-order valence-electron chi connectivity index (χ1n) is 2.93. The fourth-order valence-corrected chi connectivity index (χ4v) is 0.573. The summed E-state index contributed by atoms with van der Waals surface area (Å²) in [5.41, 5.74) is 5.09. The molecule has 46 valence electrons. The average Bonchev–Trinajstić information content (AvgIpc) is 1.97. The second kappa shape index (κ2) is 2.47. The van der Waals surface area contributed by atoms with E-state index in [1.165, 1.54) is 5.57 Å². The molecule has 1 rings (SSSR count). The van der Waals surface area contributed by atoms with E-state index >= 15 is 0 Å². The van der Waals surface area contributed by atoms with Crippen LogP contribution in [-0.2, 0) is 0 Å². The van der Waals surface area contributed by atoms with Crippen LogP contribution in [0.15, 0.2) is 34.1 Å². The van der Waals surface area contributed by atoms with Crippen molar-refractivity contribution in [1.82, 2.24) is 0 Å². The molecular weight excluding hydrogens is 110 g/mol. The molecule has 0 aromatic carbocycles. The van der Waals surface area contributed by atoms with Crippen LogP contribution in [-0.4, -0.2) is 6.21 Å². The Balaban J connectivity index is 2.96. The fraction of sp³-hybridized carbons (Fsp3) is 0.250. The van der Waals surface area contributed by atoms with Crippen LogP contribution in [0.1, 0.15) is 13.8 Å². The van der Waals surface area contributed by atoms with Crippen molar-refractivity contribution in [2.45, 2.75) is 13.8 Å². The smallest absolute Gasteiger partial charge is 0.0789 e. The van der Waals surface area contributed by atoms with E-state index in [1.54, 1.807) is 0 Å². The SMILES string of the molecule is CC1=C=CC=C(C)C=N1. The maximum Gasteiger partial charge on any atom is 0.0789 e. The van der Waals surface area contributed by atoms with E-state index in [2.05, 4.69) is 10.7 Å². The number of aliphatic imine (C=N–C) groups is 1. The molecular formula is C8H9N. The molecule has 0 N–H and O–H groups in total. The number of hydrogen-bond acceptors (Lipinski definition) is 1. The molecule has 0 atom stereocenters. The monoisotopic (exact) mass is 119 g/mol. The fourth-order valence-electron chi connectivity index (χ4n) is 0.573. The summed E-state index contributed by atoms with van der Waals surface area (Å²) in [6.07, 6.45) is 5.71. The average molecular weight is 119 g/mol. The van der Waals surface area contributed by atoms with Crippen molar-refractivity contribution in [3.63, 3.8) is 0 Å². The Morgan fingerprint density at radius 2 is 2.22 bits per heavy atom. The lowest BCUT2D eigenvalue weighted by Gasteiger charge is -1.83. The second-order valence-corrected chi connectivity index (χ2v) is 2.07. The molecule has 0 fully saturated rings. The summed E-state index contributed by atoms with van der Waals surface area (Å²) in [4.78, 5) is 4.09. The summed E-state index contributed by atoms with van der Waals surface area (Å²) in [6.45, 7) is 3.94. The van der Waals surface area contributed by atoms with Gasteiger partial charge in [-0.3, -0.25) is 4.99 Å². The Bertz CT molecular complexity index is 225. The van der Waals surface area contributed by atoms with Crippen molar-refractivity contribution >= 4 is 6.21 Å². The van der Waals surface area contributed by atoms with E-state index in [4.69, 9.17) is 0 Å². The first-order valence-corrected chi connectivity index (χ1v) is 2.93. The molecule has 1 heterocycles. The Kier molecular flexibility index (Phi) is 1.66. The highest BCUT2D eigenvalue weighted by Crippen LogP contribution is 1.98. The van der Waals surface area contributed by atoms with Gasteiger partial charge in [0.25, 0.3) is 0 Å². The Morgan fingerprint density at radius 1 is 1.44 bits per heavy atom. The Morgan fingerprint density at radius 3 is 3.00 bits per heavy atom. The molecule has 0 amide bonds. The highest BCUT2D eigenvalue weighted by molar-refractivity contribution is 5.79. The standard InChI is InChI=1S/C8H9N/c1-7-4-3-5-8(2)9-6-7/h3-4,6H,1-2H3. The molecule has 0 spiro atoms. The molecule has 0 saturated carbocycles. The molecule has 0 aliphatic carbocycles. The van der Waals surface area contributed by atoms with Gasteiger partial charge in [0.1, 0.15) is 0 Å². The molecule has 0 radical (unpaired) electrons. The summed E-state index contributed by atoms with van der Waals surface area (Å²) < 4.78 is 0. The van der Waals surface area contributed by atoms with Crippen molar-refractivity contribution < 1.29 is 0 Å². The largest absolute Gasteiger partial charge is 0.253 e. The third-order valence-electron chi connectivity index (χ3n) is 1.10. The van der Waals surface area contributed by atoms with Crippen molar-refractivity contribution in [1.29, 1.82) is 0 Å². The van der Waals surface area contributed by atoms with Gasteiger partial charge in [-0.1, -0.05) is 5.73 Å². The van der Waals surface area contributed by atoms with Gasteiger partial charge in [-0.2, -0.15) is 0 Å². The molecule has 0 saturated heterocycles. The van der Waals surface area contributed by atoms with Crippen LogP contribution in [0.2, 0.25) is 0 Å². The quantitative estimate of drug-likeness (QED) is 0.433. The lowest BCUT2D eigenvalue weighted by atomic mass is 10.3. The first-order chi connectivity index (χ1) is 4.29. The van der Waals surface area contributed by atoms with Crippen LogP contribution >= 0.6 is 0 Å². The van der Waals surface area contributed by atoms with Crippen molar-refractivity contribution in [2.75, 3.05) is 0 Å². The van der Waals surface area contributed by atoms with Gasteiger partial charge >= 0.3 is 0 Å². The van der Waals surface area contributed by atoms with E-state index in [-0.39, 0.29) is 0 Å². The van der Waals surface area contributed by atoms with Crippen molar-refractivity contribution in [3.05, 3.63) is 29.2 Å². The second-order valence-electron chi connectivity index (χ2n) is 2.07. The van der Waals surface area contributed by atoms with E-state index in [1.807, 2.05) is 32.2 Å². The highest BCUT2D eigenvalue weighted by atomic mass is 14.7. The predicted octanol–water partition coefficient (Wildman–Crippen LogP) is 2.08. The number of rotatable bonds is 0. The van der Waals surface area contributed by atoms with Gasteiger partial charge < -0.3 is 0 Å². The number of nitrogens with zero attached hydrogens (tertiary/aromatic N) is 1. The van der Waals surface area contributed by atoms with Crippen LogP contribution in [0.25, 0.3) is 0 Å². The van der Waals surface area contributed by atoms with Gasteiger partial charge in [-0.05, 0) is 31.6 Å². The van der Waals surface area contributed by atoms with Crippen LogP contribution in [0.5, 0.6) is 0 Å². The molecule has 1 aliphatic rings. The van der Waals surface area contributed by atoms with Gasteiger partial charge in [0.05, 0.1) is 5.70 Å². The summed E-state index contributed by atoms with van der Waals surface area (Å²) in [6, 6.07) is 0. The Hall–Kier alpha value is -1.07. The summed E-state index contributed by atoms with van der Waals surface area (Å²) >= 11 is 0. The normalized spacial score (nSPS) is 16.7. The van der Waals surface area contributed by atoms with Gasteiger partial charge in [0.15, 0.2) is 0 Å². The minimum atomic E-state index is 0.933. The number of allylic oxidation sites excluding steroid dienone is 3. The minimum absolute atomic E-state index is 0.933. The summed E-state index contributed by atoms with van der Waals surface area (Å²) in [7, 11) is 0. The maximum absolute atomic E-state index is 4.09. The lowest BCUT2D eigenvalue weighted by molar-refractivity contribution is 1.33. The predicted molar refractivity (Wildman–Crippen MR) is 39.5 cm³/mol. The Labute approximate surface area is 55.1 Å². The topological polar surface area (TPSA) is 12.4 Å². The van der Waals surface area contributed by atoms with Gasteiger partial charge in [-0.25, -0.2) is 0 Å². The molecule has 0 aromatic heterocycles. The molecule has 1 aliphatic heterocycles. The minimum Gasteiger partial charge on any atom is -0.253 e. The van der Waals surface area contributed by atoms with E-state index in [0.29, 0.717) is 0 Å². The highest BCUT2D eigenvalue weighted by Gasteiger charge is 1.84.